The second-order valence-corrected chi connectivity index (χ2v) is 5.15. The average Bonchev–Trinajstić information content (AvgIpc) is 2.46. The summed E-state index contributed by atoms with van der Waals surface area (Å²) in [5, 5.41) is 13.6. The average molecular weight is 294 g/mol. The van der Waals surface area contributed by atoms with E-state index in [0.717, 1.165) is 5.69 Å². The van der Waals surface area contributed by atoms with Crippen molar-refractivity contribution in [2.24, 2.45) is 0 Å². The van der Waals surface area contributed by atoms with Crippen LogP contribution in [0.2, 0.25) is 5.02 Å². The lowest BCUT2D eigenvalue weighted by Crippen LogP contribution is -2.39. The molecule has 0 heterocycles. The molecule has 0 radical (unpaired) electrons. The monoisotopic (exact) mass is 293 g/mol. The number of aliphatic hydroxyl groups excluding tert-OH is 1. The molecule has 0 aromatic heterocycles. The number of halogens is 2. The van der Waals surface area contributed by atoms with Crippen molar-refractivity contribution in [1.82, 2.24) is 0 Å². The molecule has 4 heteroatoms. The van der Waals surface area contributed by atoms with Gasteiger partial charge in [-0.15, -0.1) is 0 Å². The van der Waals surface area contributed by atoms with Gasteiger partial charge in [-0.25, -0.2) is 4.39 Å². The molecule has 1 atom stereocenters. The molecule has 2 nitrogen and oxygen atoms in total. The van der Waals surface area contributed by atoms with Gasteiger partial charge in [-0.2, -0.15) is 0 Å². The number of benzene rings is 2. The molecule has 0 bridgehead atoms. The van der Waals surface area contributed by atoms with Crippen molar-refractivity contribution >= 4 is 17.3 Å². The van der Waals surface area contributed by atoms with E-state index < -0.39 is 5.54 Å². The molecule has 2 aromatic rings. The maximum absolute atomic E-state index is 14.1. The molecule has 0 aliphatic carbocycles. The second-order valence-electron chi connectivity index (χ2n) is 4.71. The van der Waals surface area contributed by atoms with Gasteiger partial charge in [0.15, 0.2) is 0 Å². The minimum atomic E-state index is -0.865. The number of aliphatic hydroxyl groups is 1. The Morgan fingerprint density at radius 2 is 1.95 bits per heavy atom. The number of hydrogen-bond donors (Lipinski definition) is 2. The van der Waals surface area contributed by atoms with Gasteiger partial charge < -0.3 is 10.4 Å². The molecule has 106 valence electrons. The van der Waals surface area contributed by atoms with Crippen LogP contribution >= 0.6 is 11.6 Å². The van der Waals surface area contributed by atoms with E-state index in [1.807, 2.05) is 19.1 Å². The molecule has 0 saturated carbocycles. The zero-order chi connectivity index (χ0) is 14.6. The highest BCUT2D eigenvalue weighted by Crippen LogP contribution is 2.32. The first-order valence-corrected chi connectivity index (χ1v) is 6.89. The van der Waals surface area contributed by atoms with Crippen LogP contribution < -0.4 is 5.32 Å². The zero-order valence-corrected chi connectivity index (χ0v) is 12.0. The molecule has 1 unspecified atom stereocenters. The molecular formula is C16H17ClFNO. The first-order valence-electron chi connectivity index (χ1n) is 6.51. The maximum atomic E-state index is 14.1. The molecule has 0 fully saturated rings. The van der Waals surface area contributed by atoms with Gasteiger partial charge in [0, 0.05) is 16.3 Å². The summed E-state index contributed by atoms with van der Waals surface area (Å²) < 4.78 is 14.1. The van der Waals surface area contributed by atoms with Gasteiger partial charge in [-0.3, -0.25) is 0 Å². The zero-order valence-electron chi connectivity index (χ0n) is 11.2. The Morgan fingerprint density at radius 3 is 2.55 bits per heavy atom. The molecule has 0 amide bonds. The van der Waals surface area contributed by atoms with E-state index in [1.165, 1.54) is 6.07 Å². The van der Waals surface area contributed by atoms with Crippen molar-refractivity contribution < 1.29 is 9.50 Å². The number of rotatable bonds is 5. The fraction of sp³-hybridized carbons (Fsp3) is 0.250. The minimum absolute atomic E-state index is 0.211. The molecule has 2 N–H and O–H groups in total. The van der Waals surface area contributed by atoms with Crippen molar-refractivity contribution in [3.05, 3.63) is 64.9 Å². The standard InChI is InChI=1S/C16H17ClFNO/c1-2-16(11-20,14-8-3-4-9-15(14)18)19-13-7-5-6-12(17)10-13/h3-10,19-20H,2,11H2,1H3. The Bertz CT molecular complexity index is 584. The second kappa shape index (κ2) is 6.25. The highest BCUT2D eigenvalue weighted by molar-refractivity contribution is 6.30. The summed E-state index contributed by atoms with van der Waals surface area (Å²) in [6, 6.07) is 13.7. The van der Waals surface area contributed by atoms with Crippen LogP contribution in [0.4, 0.5) is 10.1 Å². The largest absolute Gasteiger partial charge is 0.394 e. The van der Waals surface area contributed by atoms with Gasteiger partial charge in [0.25, 0.3) is 0 Å². The quantitative estimate of drug-likeness (QED) is 0.866. The van der Waals surface area contributed by atoms with E-state index in [2.05, 4.69) is 5.32 Å². The predicted octanol–water partition coefficient (Wildman–Crippen LogP) is 4.19. The molecule has 0 spiro atoms. The third-order valence-electron chi connectivity index (χ3n) is 3.47. The number of anilines is 1. The normalized spacial score (nSPS) is 13.8. The van der Waals surface area contributed by atoms with Gasteiger partial charge >= 0.3 is 0 Å². The molecule has 0 aliphatic heterocycles. The third-order valence-corrected chi connectivity index (χ3v) is 3.71. The Kier molecular flexibility index (Phi) is 4.63. The fourth-order valence-electron chi connectivity index (χ4n) is 2.27. The Balaban J connectivity index is 2.42. The third kappa shape index (κ3) is 2.94. The van der Waals surface area contributed by atoms with Gasteiger partial charge in [-0.1, -0.05) is 42.8 Å². The Morgan fingerprint density at radius 1 is 1.20 bits per heavy atom. The molecule has 0 saturated heterocycles. The number of nitrogens with one attached hydrogen (secondary N) is 1. The van der Waals surface area contributed by atoms with E-state index in [0.29, 0.717) is 17.0 Å². The van der Waals surface area contributed by atoms with Crippen molar-refractivity contribution in [1.29, 1.82) is 0 Å². The van der Waals surface area contributed by atoms with Crippen molar-refractivity contribution in [3.8, 4) is 0 Å². The van der Waals surface area contributed by atoms with E-state index in [9.17, 15) is 9.50 Å². The molecule has 0 aliphatic rings. The summed E-state index contributed by atoms with van der Waals surface area (Å²) in [7, 11) is 0. The van der Waals surface area contributed by atoms with Gasteiger partial charge in [0.2, 0.25) is 0 Å². The SMILES string of the molecule is CCC(CO)(Nc1cccc(Cl)c1)c1ccccc1F. The van der Waals surface area contributed by atoms with E-state index in [1.54, 1.807) is 30.3 Å². The summed E-state index contributed by atoms with van der Waals surface area (Å²) in [5.41, 5.74) is 0.331. The maximum Gasteiger partial charge on any atom is 0.128 e. The van der Waals surface area contributed by atoms with Crippen LogP contribution in [-0.2, 0) is 5.54 Å². The van der Waals surface area contributed by atoms with Crippen LogP contribution in [0.5, 0.6) is 0 Å². The lowest BCUT2D eigenvalue weighted by Gasteiger charge is -2.34. The lowest BCUT2D eigenvalue weighted by molar-refractivity contribution is 0.204. The fourth-order valence-corrected chi connectivity index (χ4v) is 2.46. The van der Waals surface area contributed by atoms with Crippen LogP contribution in [0.3, 0.4) is 0 Å². The van der Waals surface area contributed by atoms with Crippen molar-refractivity contribution in [2.45, 2.75) is 18.9 Å². The molecule has 20 heavy (non-hydrogen) atoms. The molecule has 2 aromatic carbocycles. The number of hydrogen-bond acceptors (Lipinski definition) is 2. The molecule has 2 rings (SSSR count). The highest BCUT2D eigenvalue weighted by atomic mass is 35.5. The summed E-state index contributed by atoms with van der Waals surface area (Å²) in [6.45, 7) is 1.69. The predicted molar refractivity (Wildman–Crippen MR) is 80.5 cm³/mol. The lowest BCUT2D eigenvalue weighted by atomic mass is 9.87. The summed E-state index contributed by atoms with van der Waals surface area (Å²) in [6.07, 6.45) is 0.539. The van der Waals surface area contributed by atoms with Crippen LogP contribution in [-0.4, -0.2) is 11.7 Å². The van der Waals surface area contributed by atoms with E-state index in [4.69, 9.17) is 11.6 Å². The first-order chi connectivity index (χ1) is 9.61. The van der Waals surface area contributed by atoms with E-state index in [-0.39, 0.29) is 12.4 Å². The topological polar surface area (TPSA) is 32.3 Å². The van der Waals surface area contributed by atoms with Crippen LogP contribution in [0, 0.1) is 5.82 Å². The summed E-state index contributed by atoms with van der Waals surface area (Å²) in [5.74, 6) is -0.335. The Hall–Kier alpha value is -1.58. The van der Waals surface area contributed by atoms with Gasteiger partial charge in [0.05, 0.1) is 12.1 Å². The Labute approximate surface area is 123 Å². The van der Waals surface area contributed by atoms with Gasteiger partial charge in [0.1, 0.15) is 5.82 Å². The van der Waals surface area contributed by atoms with Crippen molar-refractivity contribution in [3.63, 3.8) is 0 Å². The highest BCUT2D eigenvalue weighted by Gasteiger charge is 2.32. The van der Waals surface area contributed by atoms with E-state index >= 15 is 0 Å². The van der Waals surface area contributed by atoms with Gasteiger partial charge in [-0.05, 0) is 30.7 Å². The summed E-state index contributed by atoms with van der Waals surface area (Å²) >= 11 is 5.96. The van der Waals surface area contributed by atoms with Crippen molar-refractivity contribution in [2.75, 3.05) is 11.9 Å². The minimum Gasteiger partial charge on any atom is -0.394 e. The molecular weight excluding hydrogens is 277 g/mol. The first kappa shape index (κ1) is 14.8. The van der Waals surface area contributed by atoms with Crippen LogP contribution in [0.15, 0.2) is 48.5 Å². The van der Waals surface area contributed by atoms with Crippen LogP contribution in [0.1, 0.15) is 18.9 Å². The smallest absolute Gasteiger partial charge is 0.128 e. The summed E-state index contributed by atoms with van der Waals surface area (Å²) in [4.78, 5) is 0. The van der Waals surface area contributed by atoms with Crippen LogP contribution in [0.25, 0.3) is 0 Å².